The van der Waals surface area contributed by atoms with Gasteiger partial charge in [0.2, 0.25) is 0 Å². The Labute approximate surface area is 166 Å². The number of aromatic nitrogens is 2. The smallest absolute Gasteiger partial charge is 0.126 e. The van der Waals surface area contributed by atoms with Crippen molar-refractivity contribution in [3.63, 3.8) is 0 Å². The summed E-state index contributed by atoms with van der Waals surface area (Å²) in [6, 6.07) is 14.7. The molecule has 0 aliphatic carbocycles. The van der Waals surface area contributed by atoms with Crippen LogP contribution in [0, 0.1) is 0 Å². The van der Waals surface area contributed by atoms with E-state index in [1.807, 2.05) is 31.6 Å². The van der Waals surface area contributed by atoms with Crippen LogP contribution >= 0.6 is 0 Å². The molecule has 0 N–H and O–H groups in total. The minimum atomic E-state index is 0.217. The molecule has 4 nitrogen and oxygen atoms in total. The number of para-hydroxylation sites is 1. The molecule has 4 rings (SSSR count). The Morgan fingerprint density at radius 2 is 2.18 bits per heavy atom. The fourth-order valence-corrected chi connectivity index (χ4v) is 3.59. The Kier molecular flexibility index (Phi) is 5.76. The third-order valence-electron chi connectivity index (χ3n) is 5.05. The maximum absolute atomic E-state index is 6.18. The topological polar surface area (TPSA) is 36.3 Å². The summed E-state index contributed by atoms with van der Waals surface area (Å²) in [5, 5.41) is 0. The van der Waals surface area contributed by atoms with Gasteiger partial charge in [-0.05, 0) is 43.0 Å². The highest BCUT2D eigenvalue weighted by Crippen LogP contribution is 2.29. The van der Waals surface area contributed by atoms with E-state index in [4.69, 9.17) is 9.47 Å². The van der Waals surface area contributed by atoms with Gasteiger partial charge in [-0.3, -0.25) is 0 Å². The first-order valence-electron chi connectivity index (χ1n) is 9.90. The van der Waals surface area contributed by atoms with Crippen LogP contribution in [0.1, 0.15) is 36.5 Å². The van der Waals surface area contributed by atoms with E-state index >= 15 is 0 Å². The molecular weight excluding hydrogens is 348 g/mol. The molecule has 0 radical (unpaired) electrons. The van der Waals surface area contributed by atoms with Crippen LogP contribution in [0.15, 0.2) is 67.3 Å². The van der Waals surface area contributed by atoms with Crippen molar-refractivity contribution in [1.82, 2.24) is 9.55 Å². The van der Waals surface area contributed by atoms with Crippen LogP contribution in [-0.2, 0) is 13.0 Å². The fraction of sp³-hybridized carbons (Fsp3) is 0.292. The number of ether oxygens (including phenoxy) is 2. The molecule has 1 aliphatic heterocycles. The Morgan fingerprint density at radius 1 is 1.25 bits per heavy atom. The van der Waals surface area contributed by atoms with Gasteiger partial charge in [0.1, 0.15) is 17.6 Å². The number of benzene rings is 2. The lowest BCUT2D eigenvalue weighted by Crippen LogP contribution is -2.24. The second-order valence-electron chi connectivity index (χ2n) is 7.13. The quantitative estimate of drug-likeness (QED) is 0.575. The first-order valence-corrected chi connectivity index (χ1v) is 9.90. The molecule has 1 unspecified atom stereocenters. The minimum absolute atomic E-state index is 0.217. The largest absolute Gasteiger partial charge is 0.493 e. The van der Waals surface area contributed by atoms with Gasteiger partial charge in [-0.1, -0.05) is 42.5 Å². The van der Waals surface area contributed by atoms with E-state index in [0.29, 0.717) is 6.61 Å². The van der Waals surface area contributed by atoms with E-state index in [-0.39, 0.29) is 6.10 Å². The Hall–Kier alpha value is -3.01. The molecular formula is C24H26N2O2. The van der Waals surface area contributed by atoms with Crippen LogP contribution in [0.25, 0.3) is 6.08 Å². The van der Waals surface area contributed by atoms with E-state index in [9.17, 15) is 0 Å². The van der Waals surface area contributed by atoms with Gasteiger partial charge in [0.05, 0.1) is 12.9 Å². The number of hydrogen-bond acceptors (Lipinski definition) is 3. The predicted molar refractivity (Wildman–Crippen MR) is 112 cm³/mol. The van der Waals surface area contributed by atoms with E-state index < -0.39 is 0 Å². The van der Waals surface area contributed by atoms with Crippen LogP contribution in [-0.4, -0.2) is 22.3 Å². The third-order valence-corrected chi connectivity index (χ3v) is 5.05. The van der Waals surface area contributed by atoms with Crippen molar-refractivity contribution in [1.29, 1.82) is 0 Å². The monoisotopic (exact) mass is 374 g/mol. The zero-order chi connectivity index (χ0) is 19.2. The molecule has 3 aromatic rings. The van der Waals surface area contributed by atoms with Crippen molar-refractivity contribution in [2.45, 2.75) is 38.8 Å². The van der Waals surface area contributed by atoms with Gasteiger partial charge in [0.15, 0.2) is 0 Å². The number of imidazole rings is 1. The van der Waals surface area contributed by atoms with Gasteiger partial charge in [0, 0.05) is 30.9 Å². The maximum atomic E-state index is 6.18. The summed E-state index contributed by atoms with van der Waals surface area (Å²) in [4.78, 5) is 4.11. The van der Waals surface area contributed by atoms with Crippen LogP contribution < -0.4 is 9.47 Å². The van der Waals surface area contributed by atoms with Crippen LogP contribution in [0.2, 0.25) is 0 Å². The molecule has 2 aromatic carbocycles. The predicted octanol–water partition coefficient (Wildman–Crippen LogP) is 5.13. The van der Waals surface area contributed by atoms with Gasteiger partial charge in [0.25, 0.3) is 0 Å². The summed E-state index contributed by atoms with van der Waals surface area (Å²) in [5.74, 6) is 1.95. The third kappa shape index (κ3) is 4.45. The molecule has 0 saturated carbocycles. The number of aryl methyl sites for hydroxylation is 1. The van der Waals surface area contributed by atoms with Crippen LogP contribution in [0.3, 0.4) is 0 Å². The van der Waals surface area contributed by atoms with Crippen LogP contribution in [0.4, 0.5) is 0 Å². The lowest BCUT2D eigenvalue weighted by atomic mass is 10.0. The normalized spacial score (nSPS) is 16.0. The second kappa shape index (κ2) is 8.79. The number of allylic oxidation sites excluding steroid dienone is 1. The molecule has 28 heavy (non-hydrogen) atoms. The molecule has 0 spiro atoms. The SMILES string of the molecule is C/C=C/c1ccc(Cn2ccnc2)cc1OCCC1CCc2ccccc2O1. The summed E-state index contributed by atoms with van der Waals surface area (Å²) in [7, 11) is 0. The molecule has 2 heterocycles. The first kappa shape index (κ1) is 18.4. The lowest BCUT2D eigenvalue weighted by Gasteiger charge is -2.26. The van der Waals surface area contributed by atoms with E-state index in [1.54, 1.807) is 6.20 Å². The lowest BCUT2D eigenvalue weighted by molar-refractivity contribution is 0.140. The van der Waals surface area contributed by atoms with Gasteiger partial charge >= 0.3 is 0 Å². The molecule has 144 valence electrons. The molecule has 1 atom stereocenters. The minimum Gasteiger partial charge on any atom is -0.493 e. The number of rotatable bonds is 7. The molecule has 0 bridgehead atoms. The van der Waals surface area contributed by atoms with Crippen LogP contribution in [0.5, 0.6) is 11.5 Å². The molecule has 0 saturated heterocycles. The van der Waals surface area contributed by atoms with Crippen molar-refractivity contribution in [2.75, 3.05) is 6.61 Å². The second-order valence-corrected chi connectivity index (χ2v) is 7.13. The average molecular weight is 374 g/mol. The van der Waals surface area contributed by atoms with Gasteiger partial charge in [-0.15, -0.1) is 0 Å². The summed E-state index contributed by atoms with van der Waals surface area (Å²) >= 11 is 0. The standard InChI is InChI=1S/C24H26N2O2/c1-2-5-20-9-8-19(17-26-14-13-25-18-26)16-24(20)27-15-12-22-11-10-21-6-3-4-7-23(21)28-22/h2-9,13-14,16,18,22H,10-12,15,17H2,1H3/b5-2+. The van der Waals surface area contributed by atoms with Gasteiger partial charge < -0.3 is 14.0 Å². The van der Waals surface area contributed by atoms with E-state index in [2.05, 4.69) is 52.0 Å². The van der Waals surface area contributed by atoms with Crippen molar-refractivity contribution < 1.29 is 9.47 Å². The van der Waals surface area contributed by atoms with Crippen molar-refractivity contribution in [2.24, 2.45) is 0 Å². The summed E-state index contributed by atoms with van der Waals surface area (Å²) in [6.45, 7) is 3.46. The Balaban J connectivity index is 1.39. The summed E-state index contributed by atoms with van der Waals surface area (Å²) in [6.07, 6.45) is 12.9. The average Bonchev–Trinajstić information content (AvgIpc) is 3.23. The highest BCUT2D eigenvalue weighted by molar-refractivity contribution is 5.58. The van der Waals surface area contributed by atoms with Crippen molar-refractivity contribution >= 4 is 6.08 Å². The van der Waals surface area contributed by atoms with Gasteiger partial charge in [-0.2, -0.15) is 0 Å². The molecule has 0 fully saturated rings. The zero-order valence-corrected chi connectivity index (χ0v) is 16.3. The van der Waals surface area contributed by atoms with Gasteiger partial charge in [-0.25, -0.2) is 4.98 Å². The number of fused-ring (bicyclic) bond motifs is 1. The van der Waals surface area contributed by atoms with E-state index in [0.717, 1.165) is 42.9 Å². The number of hydrogen-bond donors (Lipinski definition) is 0. The Bertz CT molecular complexity index is 932. The maximum Gasteiger partial charge on any atom is 0.126 e. The summed E-state index contributed by atoms with van der Waals surface area (Å²) < 4.78 is 14.4. The van der Waals surface area contributed by atoms with E-state index in [1.165, 1.54) is 11.1 Å². The fourth-order valence-electron chi connectivity index (χ4n) is 3.59. The molecule has 1 aromatic heterocycles. The van der Waals surface area contributed by atoms with Crippen molar-refractivity contribution in [3.05, 3.63) is 84.0 Å². The highest BCUT2D eigenvalue weighted by atomic mass is 16.5. The Morgan fingerprint density at radius 3 is 3.04 bits per heavy atom. The molecule has 1 aliphatic rings. The molecule has 0 amide bonds. The summed E-state index contributed by atoms with van der Waals surface area (Å²) in [5.41, 5.74) is 3.61. The first-order chi connectivity index (χ1) is 13.8. The van der Waals surface area contributed by atoms with Crippen molar-refractivity contribution in [3.8, 4) is 11.5 Å². The highest BCUT2D eigenvalue weighted by Gasteiger charge is 2.19. The zero-order valence-electron chi connectivity index (χ0n) is 16.3. The molecule has 4 heteroatoms. The number of nitrogens with zero attached hydrogens (tertiary/aromatic N) is 2.